The highest BCUT2D eigenvalue weighted by molar-refractivity contribution is 7.99. The zero-order valence-electron chi connectivity index (χ0n) is 12.9. The molecule has 1 N–H and O–H groups in total. The first-order valence-corrected chi connectivity index (χ1v) is 8.68. The molecule has 1 aliphatic heterocycles. The average molecular weight is 340 g/mol. The standard InChI is InChI=1S/C17H16N4O2S/c22-21(23)15-8-7-12(20-9-3-4-10-20)11-16(15)24-17-18-13-5-1-2-6-14(13)19-17/h1-2,5-8,11H,3-4,9-10H2,(H,18,19). The average Bonchev–Trinajstić information content (AvgIpc) is 3.23. The van der Waals surface area contributed by atoms with E-state index >= 15 is 0 Å². The third-order valence-electron chi connectivity index (χ3n) is 4.19. The Labute approximate surface area is 143 Å². The number of H-pyrrole nitrogens is 1. The van der Waals surface area contributed by atoms with Crippen LogP contribution < -0.4 is 4.90 Å². The third kappa shape index (κ3) is 2.82. The summed E-state index contributed by atoms with van der Waals surface area (Å²) in [7, 11) is 0. The van der Waals surface area contributed by atoms with Crippen LogP contribution in [0, 0.1) is 10.1 Å². The van der Waals surface area contributed by atoms with Gasteiger partial charge in [-0.1, -0.05) is 12.1 Å². The van der Waals surface area contributed by atoms with Crippen LogP contribution in [0.3, 0.4) is 0 Å². The molecule has 0 atom stereocenters. The zero-order chi connectivity index (χ0) is 16.5. The van der Waals surface area contributed by atoms with Crippen molar-refractivity contribution in [2.75, 3.05) is 18.0 Å². The molecular weight excluding hydrogens is 324 g/mol. The van der Waals surface area contributed by atoms with E-state index in [1.165, 1.54) is 24.6 Å². The maximum absolute atomic E-state index is 11.4. The van der Waals surface area contributed by atoms with Gasteiger partial charge in [0.1, 0.15) is 0 Å². The molecule has 0 spiro atoms. The largest absolute Gasteiger partial charge is 0.371 e. The number of para-hydroxylation sites is 2. The molecule has 0 bridgehead atoms. The summed E-state index contributed by atoms with van der Waals surface area (Å²) in [6, 6.07) is 13.1. The lowest BCUT2D eigenvalue weighted by Gasteiger charge is -2.18. The highest BCUT2D eigenvalue weighted by Gasteiger charge is 2.20. The number of aromatic amines is 1. The van der Waals surface area contributed by atoms with Crippen molar-refractivity contribution >= 4 is 34.2 Å². The molecule has 0 radical (unpaired) electrons. The summed E-state index contributed by atoms with van der Waals surface area (Å²) >= 11 is 1.31. The van der Waals surface area contributed by atoms with Crippen molar-refractivity contribution in [3.8, 4) is 0 Å². The van der Waals surface area contributed by atoms with Crippen LogP contribution in [0.5, 0.6) is 0 Å². The van der Waals surface area contributed by atoms with Crippen molar-refractivity contribution in [1.82, 2.24) is 9.97 Å². The van der Waals surface area contributed by atoms with E-state index in [2.05, 4.69) is 14.9 Å². The van der Waals surface area contributed by atoms with Gasteiger partial charge < -0.3 is 9.88 Å². The van der Waals surface area contributed by atoms with Gasteiger partial charge in [-0.3, -0.25) is 10.1 Å². The lowest BCUT2D eigenvalue weighted by Crippen LogP contribution is -2.17. The summed E-state index contributed by atoms with van der Waals surface area (Å²) in [5.74, 6) is 0. The first-order chi connectivity index (χ1) is 11.7. The summed E-state index contributed by atoms with van der Waals surface area (Å²) in [6.07, 6.45) is 2.34. The van der Waals surface area contributed by atoms with Crippen molar-refractivity contribution in [2.45, 2.75) is 22.9 Å². The number of nitrogens with zero attached hydrogens (tertiary/aromatic N) is 3. The Morgan fingerprint density at radius 3 is 2.71 bits per heavy atom. The van der Waals surface area contributed by atoms with Gasteiger partial charge in [-0.25, -0.2) is 4.98 Å². The molecule has 2 aromatic carbocycles. The van der Waals surface area contributed by atoms with E-state index < -0.39 is 0 Å². The molecule has 1 saturated heterocycles. The van der Waals surface area contributed by atoms with E-state index in [9.17, 15) is 10.1 Å². The molecule has 1 fully saturated rings. The second-order valence-corrected chi connectivity index (χ2v) is 6.80. The summed E-state index contributed by atoms with van der Waals surface area (Å²) in [4.78, 5) is 21.6. The minimum atomic E-state index is -0.335. The summed E-state index contributed by atoms with van der Waals surface area (Å²) in [5, 5.41) is 12.0. The van der Waals surface area contributed by atoms with Gasteiger partial charge >= 0.3 is 0 Å². The molecule has 6 nitrogen and oxygen atoms in total. The Morgan fingerprint density at radius 1 is 1.17 bits per heavy atom. The summed E-state index contributed by atoms with van der Waals surface area (Å²) in [6.45, 7) is 2.01. The Morgan fingerprint density at radius 2 is 1.96 bits per heavy atom. The van der Waals surface area contributed by atoms with E-state index in [-0.39, 0.29) is 10.6 Å². The molecule has 3 aromatic rings. The van der Waals surface area contributed by atoms with E-state index in [4.69, 9.17) is 0 Å². The molecule has 0 aliphatic carbocycles. The van der Waals surface area contributed by atoms with Gasteiger partial charge in [-0.15, -0.1) is 0 Å². The molecule has 122 valence electrons. The van der Waals surface area contributed by atoms with Gasteiger partial charge in [0.15, 0.2) is 5.16 Å². The van der Waals surface area contributed by atoms with Crippen molar-refractivity contribution in [3.05, 3.63) is 52.6 Å². The van der Waals surface area contributed by atoms with Gasteiger partial charge in [0, 0.05) is 24.8 Å². The number of nitro groups is 1. The number of imidazole rings is 1. The molecular formula is C17H16N4O2S. The molecule has 0 amide bonds. The van der Waals surface area contributed by atoms with E-state index in [1.54, 1.807) is 6.07 Å². The minimum Gasteiger partial charge on any atom is -0.371 e. The predicted octanol–water partition coefficient (Wildman–Crippen LogP) is 4.22. The van der Waals surface area contributed by atoms with Crippen LogP contribution in [0.2, 0.25) is 0 Å². The first-order valence-electron chi connectivity index (χ1n) is 7.87. The SMILES string of the molecule is O=[N+]([O-])c1ccc(N2CCCC2)cc1Sc1nc2ccccc2[nH]1. The van der Waals surface area contributed by atoms with Crippen LogP contribution in [0.1, 0.15) is 12.8 Å². The van der Waals surface area contributed by atoms with Crippen molar-refractivity contribution in [2.24, 2.45) is 0 Å². The van der Waals surface area contributed by atoms with Gasteiger partial charge in [-0.2, -0.15) is 0 Å². The van der Waals surface area contributed by atoms with Gasteiger partial charge in [-0.05, 0) is 48.9 Å². The number of anilines is 1. The minimum absolute atomic E-state index is 0.114. The smallest absolute Gasteiger partial charge is 0.283 e. The normalized spacial score (nSPS) is 14.4. The first kappa shape index (κ1) is 15.0. The molecule has 7 heteroatoms. The second kappa shape index (κ2) is 6.16. The lowest BCUT2D eigenvalue weighted by atomic mass is 10.2. The number of hydrogen-bond acceptors (Lipinski definition) is 5. The van der Waals surface area contributed by atoms with Gasteiger partial charge in [0.05, 0.1) is 20.9 Å². The van der Waals surface area contributed by atoms with E-state index in [1.807, 2.05) is 36.4 Å². The summed E-state index contributed by atoms with van der Waals surface area (Å²) in [5.41, 5.74) is 2.94. The Balaban J connectivity index is 1.71. The van der Waals surface area contributed by atoms with Crippen LogP contribution in [0.25, 0.3) is 11.0 Å². The number of hydrogen-bond donors (Lipinski definition) is 1. The van der Waals surface area contributed by atoms with E-state index in [0.717, 1.165) is 29.8 Å². The van der Waals surface area contributed by atoms with Crippen LogP contribution in [0.4, 0.5) is 11.4 Å². The molecule has 1 aliphatic rings. The Bertz CT molecular complexity index is 869. The Kier molecular flexibility index (Phi) is 3.86. The lowest BCUT2D eigenvalue weighted by molar-refractivity contribution is -0.387. The Hall–Kier alpha value is -2.54. The fourth-order valence-corrected chi connectivity index (χ4v) is 3.93. The maximum Gasteiger partial charge on any atom is 0.283 e. The monoisotopic (exact) mass is 340 g/mol. The van der Waals surface area contributed by atoms with Crippen LogP contribution in [-0.2, 0) is 0 Å². The second-order valence-electron chi connectivity index (χ2n) is 5.76. The van der Waals surface area contributed by atoms with E-state index in [0.29, 0.717) is 10.1 Å². The summed E-state index contributed by atoms with van der Waals surface area (Å²) < 4.78 is 0. The molecule has 2 heterocycles. The maximum atomic E-state index is 11.4. The third-order valence-corrected chi connectivity index (χ3v) is 5.12. The van der Waals surface area contributed by atoms with Gasteiger partial charge in [0.25, 0.3) is 5.69 Å². The van der Waals surface area contributed by atoms with Crippen molar-refractivity contribution < 1.29 is 4.92 Å². The predicted molar refractivity (Wildman–Crippen MR) is 94.8 cm³/mol. The number of nitrogens with one attached hydrogen (secondary N) is 1. The number of benzene rings is 2. The van der Waals surface area contributed by atoms with Gasteiger partial charge in [0.2, 0.25) is 0 Å². The number of rotatable bonds is 4. The highest BCUT2D eigenvalue weighted by Crippen LogP contribution is 2.37. The molecule has 24 heavy (non-hydrogen) atoms. The van der Waals surface area contributed by atoms with Crippen LogP contribution in [0.15, 0.2) is 52.5 Å². The molecule has 0 saturated carbocycles. The van der Waals surface area contributed by atoms with Crippen molar-refractivity contribution in [3.63, 3.8) is 0 Å². The number of fused-ring (bicyclic) bond motifs is 1. The van der Waals surface area contributed by atoms with Crippen LogP contribution >= 0.6 is 11.8 Å². The van der Waals surface area contributed by atoms with Crippen molar-refractivity contribution in [1.29, 1.82) is 0 Å². The molecule has 4 rings (SSSR count). The number of aromatic nitrogens is 2. The highest BCUT2D eigenvalue weighted by atomic mass is 32.2. The molecule has 0 unspecified atom stereocenters. The topological polar surface area (TPSA) is 75.1 Å². The molecule has 1 aromatic heterocycles. The zero-order valence-corrected chi connectivity index (χ0v) is 13.8. The fraction of sp³-hybridized carbons (Fsp3) is 0.235. The fourth-order valence-electron chi connectivity index (χ4n) is 2.99. The quantitative estimate of drug-likeness (QED) is 0.568. The van der Waals surface area contributed by atoms with Crippen LogP contribution in [-0.4, -0.2) is 28.0 Å². The number of nitro benzene ring substituents is 1.